The number of fused-ring (bicyclic) bond motifs is 1. The van der Waals surface area contributed by atoms with Crippen molar-refractivity contribution in [3.05, 3.63) is 0 Å². The molecule has 1 aliphatic heterocycles. The summed E-state index contributed by atoms with van der Waals surface area (Å²) in [6.45, 7) is 7.52. The summed E-state index contributed by atoms with van der Waals surface area (Å²) < 4.78 is 5.50. The summed E-state index contributed by atoms with van der Waals surface area (Å²) in [4.78, 5) is 16.4. The molecule has 2 aliphatic rings. The van der Waals surface area contributed by atoms with E-state index in [2.05, 4.69) is 19.0 Å². The maximum absolute atomic E-state index is 12.2. The van der Waals surface area contributed by atoms with Crippen LogP contribution in [0.5, 0.6) is 0 Å². The molecular formula is C15H28N2O2. The number of likely N-dealkylation sites (tertiary alicyclic amines) is 1. The first kappa shape index (κ1) is 14.6. The van der Waals surface area contributed by atoms with Crippen LogP contribution in [0.15, 0.2) is 0 Å². The molecule has 0 N–H and O–H groups in total. The normalized spacial score (nSPS) is 31.5. The van der Waals surface area contributed by atoms with Gasteiger partial charge in [-0.25, -0.2) is 4.79 Å². The van der Waals surface area contributed by atoms with Crippen molar-refractivity contribution in [3.8, 4) is 0 Å². The zero-order valence-corrected chi connectivity index (χ0v) is 13.0. The van der Waals surface area contributed by atoms with E-state index >= 15 is 0 Å². The lowest BCUT2D eigenvalue weighted by atomic mass is 9.77. The quantitative estimate of drug-likeness (QED) is 0.733. The Kier molecular flexibility index (Phi) is 4.09. The molecule has 0 bridgehead atoms. The van der Waals surface area contributed by atoms with E-state index in [0.29, 0.717) is 17.9 Å². The molecule has 1 amide bonds. The van der Waals surface area contributed by atoms with Gasteiger partial charge in [0, 0.05) is 19.1 Å². The molecule has 1 heterocycles. The largest absolute Gasteiger partial charge is 0.444 e. The lowest BCUT2D eigenvalue weighted by Crippen LogP contribution is -2.42. The average Bonchev–Trinajstić information content (AvgIpc) is 2.69. The van der Waals surface area contributed by atoms with Crippen LogP contribution in [0.25, 0.3) is 0 Å². The number of nitrogens with zero attached hydrogens (tertiary/aromatic N) is 2. The molecule has 1 saturated carbocycles. The molecule has 0 aromatic rings. The molecule has 2 fully saturated rings. The highest BCUT2D eigenvalue weighted by Crippen LogP contribution is 2.38. The minimum atomic E-state index is -0.397. The van der Waals surface area contributed by atoms with Crippen LogP contribution in [0.3, 0.4) is 0 Å². The molecule has 110 valence electrons. The van der Waals surface area contributed by atoms with E-state index in [-0.39, 0.29) is 6.09 Å². The maximum atomic E-state index is 12.2. The Hall–Kier alpha value is -0.770. The first-order valence-electron chi connectivity index (χ1n) is 7.42. The third-order valence-electron chi connectivity index (χ3n) is 4.38. The number of hydrogen-bond donors (Lipinski definition) is 0. The Morgan fingerprint density at radius 2 is 1.89 bits per heavy atom. The van der Waals surface area contributed by atoms with Gasteiger partial charge in [0.15, 0.2) is 0 Å². The molecule has 0 radical (unpaired) electrons. The van der Waals surface area contributed by atoms with E-state index in [1.165, 1.54) is 19.3 Å². The van der Waals surface area contributed by atoms with Crippen LogP contribution in [0.4, 0.5) is 4.79 Å². The van der Waals surface area contributed by atoms with Crippen LogP contribution >= 0.6 is 0 Å². The summed E-state index contributed by atoms with van der Waals surface area (Å²) in [6, 6.07) is 0.617. The van der Waals surface area contributed by atoms with Crippen LogP contribution in [0, 0.1) is 11.8 Å². The molecule has 0 spiro atoms. The highest BCUT2D eigenvalue weighted by molar-refractivity contribution is 5.68. The Balaban J connectivity index is 1.99. The Labute approximate surface area is 117 Å². The predicted molar refractivity (Wildman–Crippen MR) is 76.1 cm³/mol. The van der Waals surface area contributed by atoms with Crippen molar-refractivity contribution in [1.29, 1.82) is 0 Å². The van der Waals surface area contributed by atoms with Gasteiger partial charge in [0.25, 0.3) is 0 Å². The first-order valence-corrected chi connectivity index (χ1v) is 7.42. The zero-order chi connectivity index (χ0) is 14.2. The van der Waals surface area contributed by atoms with E-state index in [1.54, 1.807) is 0 Å². The van der Waals surface area contributed by atoms with Gasteiger partial charge in [-0.2, -0.15) is 0 Å². The number of hydrogen-bond acceptors (Lipinski definition) is 3. The molecule has 19 heavy (non-hydrogen) atoms. The summed E-state index contributed by atoms with van der Waals surface area (Å²) in [5, 5.41) is 0. The molecule has 4 heteroatoms. The third kappa shape index (κ3) is 3.41. The van der Waals surface area contributed by atoms with Crippen molar-refractivity contribution >= 4 is 6.09 Å². The van der Waals surface area contributed by atoms with E-state index in [0.717, 1.165) is 13.1 Å². The first-order chi connectivity index (χ1) is 8.78. The van der Waals surface area contributed by atoms with Crippen molar-refractivity contribution in [2.45, 2.75) is 51.7 Å². The van der Waals surface area contributed by atoms with Crippen LogP contribution in [-0.4, -0.2) is 54.7 Å². The van der Waals surface area contributed by atoms with Crippen LogP contribution in [-0.2, 0) is 4.74 Å². The monoisotopic (exact) mass is 268 g/mol. The summed E-state index contributed by atoms with van der Waals surface area (Å²) in [6.07, 6.45) is 3.66. The number of rotatable bonds is 1. The molecule has 3 atom stereocenters. The molecule has 1 aliphatic carbocycles. The van der Waals surface area contributed by atoms with Crippen molar-refractivity contribution in [2.24, 2.45) is 11.8 Å². The number of carbonyl (C=O) groups excluding carboxylic acids is 1. The van der Waals surface area contributed by atoms with Gasteiger partial charge in [-0.15, -0.1) is 0 Å². The van der Waals surface area contributed by atoms with Gasteiger partial charge in [-0.3, -0.25) is 0 Å². The number of ether oxygens (including phenoxy) is 1. The zero-order valence-electron chi connectivity index (χ0n) is 13.0. The summed E-state index contributed by atoms with van der Waals surface area (Å²) in [5.74, 6) is 1.28. The van der Waals surface area contributed by atoms with Gasteiger partial charge in [-0.05, 0) is 59.5 Å². The highest BCUT2D eigenvalue weighted by atomic mass is 16.6. The fraction of sp³-hybridized carbons (Fsp3) is 0.933. The molecule has 0 aromatic heterocycles. The van der Waals surface area contributed by atoms with Crippen molar-refractivity contribution in [1.82, 2.24) is 9.80 Å². The van der Waals surface area contributed by atoms with Gasteiger partial charge in [0.05, 0.1) is 0 Å². The second-order valence-corrected chi connectivity index (χ2v) is 7.27. The number of carbonyl (C=O) groups is 1. The smallest absolute Gasteiger partial charge is 0.410 e. The fourth-order valence-corrected chi connectivity index (χ4v) is 3.56. The summed E-state index contributed by atoms with van der Waals surface area (Å²) in [5.41, 5.74) is -0.397. The van der Waals surface area contributed by atoms with Gasteiger partial charge < -0.3 is 14.5 Å². The van der Waals surface area contributed by atoms with Gasteiger partial charge in [-0.1, -0.05) is 6.42 Å². The van der Waals surface area contributed by atoms with E-state index in [4.69, 9.17) is 4.74 Å². The van der Waals surface area contributed by atoms with Gasteiger partial charge in [0.2, 0.25) is 0 Å². The molecule has 0 unspecified atom stereocenters. The molecule has 2 rings (SSSR count). The Morgan fingerprint density at radius 1 is 1.21 bits per heavy atom. The molecule has 0 aromatic carbocycles. The second kappa shape index (κ2) is 5.31. The van der Waals surface area contributed by atoms with Gasteiger partial charge in [0.1, 0.15) is 5.60 Å². The summed E-state index contributed by atoms with van der Waals surface area (Å²) >= 11 is 0. The SMILES string of the molecule is CN(C)[C@@H]1CCC[C@@H]2CN(C(=O)OC(C)(C)C)C[C@@H]21. The van der Waals surface area contributed by atoms with E-state index < -0.39 is 5.60 Å². The van der Waals surface area contributed by atoms with Crippen molar-refractivity contribution in [3.63, 3.8) is 0 Å². The number of amides is 1. The van der Waals surface area contributed by atoms with Crippen LogP contribution in [0.1, 0.15) is 40.0 Å². The summed E-state index contributed by atoms with van der Waals surface area (Å²) in [7, 11) is 4.31. The van der Waals surface area contributed by atoms with E-state index in [9.17, 15) is 4.79 Å². The average molecular weight is 268 g/mol. The third-order valence-corrected chi connectivity index (χ3v) is 4.38. The molecular weight excluding hydrogens is 240 g/mol. The standard InChI is InChI=1S/C15H28N2O2/c1-15(2,3)19-14(18)17-9-11-7-6-8-13(16(4)5)12(11)10-17/h11-13H,6-10H2,1-5H3/t11-,12+,13-/m1/s1. The molecule has 4 nitrogen and oxygen atoms in total. The minimum Gasteiger partial charge on any atom is -0.444 e. The maximum Gasteiger partial charge on any atom is 0.410 e. The van der Waals surface area contributed by atoms with Crippen LogP contribution in [0.2, 0.25) is 0 Å². The lowest BCUT2D eigenvalue weighted by Gasteiger charge is -2.37. The van der Waals surface area contributed by atoms with E-state index in [1.807, 2.05) is 25.7 Å². The second-order valence-electron chi connectivity index (χ2n) is 7.27. The Morgan fingerprint density at radius 3 is 2.47 bits per heavy atom. The predicted octanol–water partition coefficient (Wildman–Crippen LogP) is 2.58. The Bertz CT molecular complexity index is 336. The highest BCUT2D eigenvalue weighted by Gasteiger charge is 2.43. The van der Waals surface area contributed by atoms with Crippen LogP contribution < -0.4 is 0 Å². The minimum absolute atomic E-state index is 0.139. The lowest BCUT2D eigenvalue weighted by molar-refractivity contribution is 0.0279. The fourth-order valence-electron chi connectivity index (χ4n) is 3.56. The van der Waals surface area contributed by atoms with Crippen molar-refractivity contribution < 1.29 is 9.53 Å². The van der Waals surface area contributed by atoms with Gasteiger partial charge >= 0.3 is 6.09 Å². The van der Waals surface area contributed by atoms with Crippen molar-refractivity contribution in [2.75, 3.05) is 27.2 Å². The molecule has 1 saturated heterocycles. The topological polar surface area (TPSA) is 32.8 Å².